The van der Waals surface area contributed by atoms with E-state index >= 15 is 0 Å². The molecule has 0 saturated carbocycles. The number of carbonyl (C=O) groups is 2. The van der Waals surface area contributed by atoms with Crippen molar-refractivity contribution < 1.29 is 19.1 Å². The highest BCUT2D eigenvalue weighted by atomic mass is 16.7. The molecule has 0 aromatic heterocycles. The fourth-order valence-electron chi connectivity index (χ4n) is 2.20. The maximum Gasteiger partial charge on any atom is 0.255 e. The molecule has 2 aliphatic heterocycles. The van der Waals surface area contributed by atoms with Crippen LogP contribution in [-0.4, -0.2) is 42.6 Å². The van der Waals surface area contributed by atoms with Gasteiger partial charge >= 0.3 is 0 Å². The van der Waals surface area contributed by atoms with Gasteiger partial charge in [-0.05, 0) is 12.1 Å². The number of fused-ring (bicyclic) bond motifs is 1. The number of amides is 2. The summed E-state index contributed by atoms with van der Waals surface area (Å²) in [5.41, 5.74) is 0.469. The van der Waals surface area contributed by atoms with Crippen LogP contribution in [0.1, 0.15) is 17.3 Å². The Balaban J connectivity index is 1.66. The fraction of sp³-hybridized carbons (Fsp3) is 0.385. The molecule has 3 rings (SSSR count). The molecule has 2 heterocycles. The molecule has 0 bridgehead atoms. The Hall–Kier alpha value is -2.24. The van der Waals surface area contributed by atoms with Crippen molar-refractivity contribution in [1.29, 1.82) is 0 Å². The van der Waals surface area contributed by atoms with E-state index in [0.29, 0.717) is 30.2 Å². The summed E-state index contributed by atoms with van der Waals surface area (Å²) < 4.78 is 10.5. The van der Waals surface area contributed by atoms with Crippen molar-refractivity contribution in [2.24, 2.45) is 0 Å². The lowest BCUT2D eigenvalue weighted by Gasteiger charge is -2.38. The Labute approximate surface area is 110 Å². The number of carbonyl (C=O) groups excluding carboxylic acids is 2. The molecule has 1 N–H and O–H groups in total. The van der Waals surface area contributed by atoms with E-state index in [1.165, 1.54) is 6.92 Å². The first-order chi connectivity index (χ1) is 9.15. The maximum atomic E-state index is 12.1. The molecule has 100 valence electrons. The van der Waals surface area contributed by atoms with Crippen molar-refractivity contribution in [1.82, 2.24) is 10.2 Å². The molecule has 6 nitrogen and oxygen atoms in total. The van der Waals surface area contributed by atoms with E-state index in [0.717, 1.165) is 0 Å². The van der Waals surface area contributed by atoms with Crippen LogP contribution < -0.4 is 14.8 Å². The van der Waals surface area contributed by atoms with Gasteiger partial charge in [0.25, 0.3) is 5.91 Å². The van der Waals surface area contributed by atoms with Gasteiger partial charge < -0.3 is 19.7 Å². The topological polar surface area (TPSA) is 67.9 Å². The Morgan fingerprint density at radius 2 is 2.11 bits per heavy atom. The van der Waals surface area contributed by atoms with E-state index in [1.54, 1.807) is 23.1 Å². The van der Waals surface area contributed by atoms with Crippen LogP contribution in [0.15, 0.2) is 18.2 Å². The summed E-state index contributed by atoms with van der Waals surface area (Å²) in [6, 6.07) is 5.23. The minimum atomic E-state index is -0.199. The third kappa shape index (κ3) is 2.09. The Morgan fingerprint density at radius 3 is 2.84 bits per heavy atom. The number of hydrogen-bond acceptors (Lipinski definition) is 4. The Bertz CT molecular complexity index is 537. The molecule has 2 aliphatic rings. The van der Waals surface area contributed by atoms with Gasteiger partial charge in [0.15, 0.2) is 11.5 Å². The number of nitrogens with zero attached hydrogens (tertiary/aromatic N) is 1. The summed E-state index contributed by atoms with van der Waals surface area (Å²) in [6.07, 6.45) is 0. The zero-order valence-corrected chi connectivity index (χ0v) is 10.5. The second kappa shape index (κ2) is 4.46. The number of rotatable bonds is 2. The molecule has 0 atom stereocenters. The summed E-state index contributed by atoms with van der Waals surface area (Å²) in [7, 11) is 0. The Morgan fingerprint density at radius 1 is 1.32 bits per heavy atom. The molecule has 1 aromatic rings. The van der Waals surface area contributed by atoms with Crippen LogP contribution in [0.4, 0.5) is 0 Å². The summed E-state index contributed by atoms with van der Waals surface area (Å²) in [5.74, 6) is 0.910. The third-order valence-corrected chi connectivity index (χ3v) is 3.30. The minimum absolute atomic E-state index is 0.00887. The van der Waals surface area contributed by atoms with Crippen molar-refractivity contribution in [2.45, 2.75) is 13.0 Å². The van der Waals surface area contributed by atoms with E-state index in [2.05, 4.69) is 5.32 Å². The molecule has 2 amide bonds. The highest BCUT2D eigenvalue weighted by Crippen LogP contribution is 2.35. The minimum Gasteiger partial charge on any atom is -0.454 e. The predicted octanol–water partition coefficient (Wildman–Crippen LogP) is 0.376. The standard InChI is InChI=1S/C13H14N2O4/c1-8(16)15-5-9(6-15)14-13(17)10-3-2-4-11-12(10)19-7-18-11/h2-4,9H,5-7H2,1H3,(H,14,17). The molecule has 1 aromatic carbocycles. The molecule has 1 fully saturated rings. The van der Waals surface area contributed by atoms with E-state index in [-0.39, 0.29) is 24.6 Å². The summed E-state index contributed by atoms with van der Waals surface area (Å²) in [4.78, 5) is 24.9. The average molecular weight is 262 g/mol. The van der Waals surface area contributed by atoms with Gasteiger partial charge in [-0.15, -0.1) is 0 Å². The molecule has 0 radical (unpaired) electrons. The quantitative estimate of drug-likeness (QED) is 0.836. The zero-order chi connectivity index (χ0) is 13.4. The largest absolute Gasteiger partial charge is 0.454 e. The molecule has 0 unspecified atom stereocenters. The second-order valence-corrected chi connectivity index (χ2v) is 4.63. The number of likely N-dealkylation sites (tertiary alicyclic amines) is 1. The number of benzene rings is 1. The number of ether oxygens (including phenoxy) is 2. The normalized spacial score (nSPS) is 17.0. The molecular weight excluding hydrogens is 248 g/mol. The predicted molar refractivity (Wildman–Crippen MR) is 66.1 cm³/mol. The SMILES string of the molecule is CC(=O)N1CC(NC(=O)c2cccc3c2OCO3)C1. The lowest BCUT2D eigenvalue weighted by Crippen LogP contribution is -2.60. The molecule has 0 aliphatic carbocycles. The van der Waals surface area contributed by atoms with Gasteiger partial charge in [0, 0.05) is 20.0 Å². The summed E-state index contributed by atoms with van der Waals surface area (Å²) in [5, 5.41) is 2.88. The molecular formula is C13H14N2O4. The monoisotopic (exact) mass is 262 g/mol. The van der Waals surface area contributed by atoms with Gasteiger partial charge in [0.2, 0.25) is 12.7 Å². The van der Waals surface area contributed by atoms with E-state index < -0.39 is 0 Å². The van der Waals surface area contributed by atoms with Crippen molar-refractivity contribution in [2.75, 3.05) is 19.9 Å². The highest BCUT2D eigenvalue weighted by Gasteiger charge is 2.31. The van der Waals surface area contributed by atoms with E-state index in [4.69, 9.17) is 9.47 Å². The van der Waals surface area contributed by atoms with Crippen molar-refractivity contribution >= 4 is 11.8 Å². The molecule has 19 heavy (non-hydrogen) atoms. The highest BCUT2D eigenvalue weighted by molar-refractivity contribution is 5.98. The van der Waals surface area contributed by atoms with E-state index in [9.17, 15) is 9.59 Å². The first-order valence-corrected chi connectivity index (χ1v) is 6.10. The second-order valence-electron chi connectivity index (χ2n) is 4.63. The van der Waals surface area contributed by atoms with Crippen LogP contribution in [0.5, 0.6) is 11.5 Å². The van der Waals surface area contributed by atoms with Crippen LogP contribution in [-0.2, 0) is 4.79 Å². The van der Waals surface area contributed by atoms with Gasteiger partial charge in [0.1, 0.15) is 0 Å². The number of para-hydroxylation sites is 1. The van der Waals surface area contributed by atoms with Gasteiger partial charge in [-0.1, -0.05) is 6.07 Å². The van der Waals surface area contributed by atoms with Gasteiger partial charge in [-0.25, -0.2) is 0 Å². The van der Waals surface area contributed by atoms with Gasteiger partial charge in [-0.2, -0.15) is 0 Å². The van der Waals surface area contributed by atoms with Crippen LogP contribution in [0, 0.1) is 0 Å². The van der Waals surface area contributed by atoms with Crippen LogP contribution in [0.3, 0.4) is 0 Å². The lowest BCUT2D eigenvalue weighted by atomic mass is 10.1. The van der Waals surface area contributed by atoms with Crippen LogP contribution >= 0.6 is 0 Å². The molecule has 1 saturated heterocycles. The first kappa shape index (κ1) is 11.8. The Kier molecular flexibility index (Phi) is 2.77. The van der Waals surface area contributed by atoms with Gasteiger partial charge in [-0.3, -0.25) is 9.59 Å². The first-order valence-electron chi connectivity index (χ1n) is 6.10. The smallest absolute Gasteiger partial charge is 0.255 e. The zero-order valence-electron chi connectivity index (χ0n) is 10.5. The van der Waals surface area contributed by atoms with Crippen LogP contribution in [0.25, 0.3) is 0 Å². The maximum absolute atomic E-state index is 12.1. The lowest BCUT2D eigenvalue weighted by molar-refractivity contribution is -0.133. The summed E-state index contributed by atoms with van der Waals surface area (Å²) in [6.45, 7) is 2.79. The summed E-state index contributed by atoms with van der Waals surface area (Å²) >= 11 is 0. The van der Waals surface area contributed by atoms with Crippen molar-refractivity contribution in [3.63, 3.8) is 0 Å². The molecule has 6 heteroatoms. The molecule has 0 spiro atoms. The number of hydrogen-bond donors (Lipinski definition) is 1. The fourth-order valence-corrected chi connectivity index (χ4v) is 2.20. The van der Waals surface area contributed by atoms with Crippen molar-refractivity contribution in [3.8, 4) is 11.5 Å². The van der Waals surface area contributed by atoms with Gasteiger partial charge in [0.05, 0.1) is 11.6 Å². The third-order valence-electron chi connectivity index (χ3n) is 3.30. The average Bonchev–Trinajstić information content (AvgIpc) is 2.80. The number of nitrogens with one attached hydrogen (secondary N) is 1. The van der Waals surface area contributed by atoms with Crippen LogP contribution in [0.2, 0.25) is 0 Å². The van der Waals surface area contributed by atoms with E-state index in [1.807, 2.05) is 0 Å². The van der Waals surface area contributed by atoms with Crippen molar-refractivity contribution in [3.05, 3.63) is 23.8 Å².